The SMILES string of the molecule is O=C(O)c1coc(C(=O)NC2CCCCCC2)c1. The number of rotatable bonds is 3. The van der Waals surface area contributed by atoms with Gasteiger partial charge in [0.25, 0.3) is 5.91 Å². The summed E-state index contributed by atoms with van der Waals surface area (Å²) in [5, 5.41) is 11.6. The number of nitrogens with one attached hydrogen (secondary N) is 1. The van der Waals surface area contributed by atoms with E-state index in [0.29, 0.717) is 0 Å². The molecule has 1 amide bonds. The molecule has 0 spiro atoms. The summed E-state index contributed by atoms with van der Waals surface area (Å²) in [6.07, 6.45) is 7.75. The molecule has 0 aromatic carbocycles. The molecule has 2 rings (SSSR count). The van der Waals surface area contributed by atoms with Crippen molar-refractivity contribution in [3.05, 3.63) is 23.7 Å². The van der Waals surface area contributed by atoms with Crippen molar-refractivity contribution in [1.29, 1.82) is 0 Å². The molecule has 0 unspecified atom stereocenters. The minimum atomic E-state index is -1.09. The lowest BCUT2D eigenvalue weighted by Gasteiger charge is -2.14. The van der Waals surface area contributed by atoms with Gasteiger partial charge in [-0.2, -0.15) is 0 Å². The van der Waals surface area contributed by atoms with E-state index in [1.54, 1.807) is 0 Å². The topological polar surface area (TPSA) is 79.5 Å². The second-order valence-corrected chi connectivity index (χ2v) is 4.67. The third-order valence-electron chi connectivity index (χ3n) is 3.26. The van der Waals surface area contributed by atoms with Crippen molar-refractivity contribution in [2.75, 3.05) is 0 Å². The van der Waals surface area contributed by atoms with Crippen molar-refractivity contribution in [2.45, 2.75) is 44.6 Å². The summed E-state index contributed by atoms with van der Waals surface area (Å²) in [6.45, 7) is 0. The van der Waals surface area contributed by atoms with E-state index in [-0.39, 0.29) is 23.3 Å². The van der Waals surface area contributed by atoms with Crippen LogP contribution in [0.25, 0.3) is 0 Å². The summed E-state index contributed by atoms with van der Waals surface area (Å²) >= 11 is 0. The lowest BCUT2D eigenvalue weighted by atomic mass is 10.1. The number of carboxylic acids is 1. The van der Waals surface area contributed by atoms with Gasteiger partial charge in [0.15, 0.2) is 5.76 Å². The molecule has 1 fully saturated rings. The number of carboxylic acid groups (broad SMARTS) is 1. The number of aromatic carboxylic acids is 1. The van der Waals surface area contributed by atoms with Crippen molar-refractivity contribution in [3.63, 3.8) is 0 Å². The highest BCUT2D eigenvalue weighted by molar-refractivity contribution is 5.95. The van der Waals surface area contributed by atoms with Crippen molar-refractivity contribution in [3.8, 4) is 0 Å². The molecule has 1 heterocycles. The third kappa shape index (κ3) is 3.12. The summed E-state index contributed by atoms with van der Waals surface area (Å²) in [5.41, 5.74) is 0.000941. The maximum absolute atomic E-state index is 11.9. The van der Waals surface area contributed by atoms with E-state index < -0.39 is 5.97 Å². The van der Waals surface area contributed by atoms with Crippen LogP contribution >= 0.6 is 0 Å². The standard InChI is InChI=1S/C13H17NO4/c15-12(11-7-9(8-18-11)13(16)17)14-10-5-3-1-2-4-6-10/h7-8,10H,1-6H2,(H,14,15)(H,16,17). The van der Waals surface area contributed by atoms with Crippen LogP contribution in [0.5, 0.6) is 0 Å². The van der Waals surface area contributed by atoms with Gasteiger partial charge in [0.1, 0.15) is 6.26 Å². The predicted octanol–water partition coefficient (Wildman–Crippen LogP) is 2.43. The van der Waals surface area contributed by atoms with Gasteiger partial charge < -0.3 is 14.8 Å². The smallest absolute Gasteiger partial charge is 0.338 e. The molecule has 0 aliphatic heterocycles. The molecule has 0 saturated heterocycles. The Bertz CT molecular complexity index is 430. The van der Waals surface area contributed by atoms with Crippen LogP contribution in [-0.4, -0.2) is 23.0 Å². The second-order valence-electron chi connectivity index (χ2n) is 4.67. The van der Waals surface area contributed by atoms with Gasteiger partial charge in [-0.15, -0.1) is 0 Å². The number of carbonyl (C=O) groups excluding carboxylic acids is 1. The van der Waals surface area contributed by atoms with Gasteiger partial charge in [-0.05, 0) is 12.8 Å². The molecular formula is C13H17NO4. The lowest BCUT2D eigenvalue weighted by molar-refractivity contribution is 0.0695. The second kappa shape index (κ2) is 5.71. The van der Waals surface area contributed by atoms with Crippen molar-refractivity contribution < 1.29 is 19.1 Å². The van der Waals surface area contributed by atoms with Crippen LogP contribution in [0, 0.1) is 0 Å². The van der Waals surface area contributed by atoms with Gasteiger partial charge in [0, 0.05) is 12.1 Å². The Morgan fingerprint density at radius 3 is 2.44 bits per heavy atom. The van der Waals surface area contributed by atoms with Crippen LogP contribution in [0.3, 0.4) is 0 Å². The van der Waals surface area contributed by atoms with E-state index in [1.807, 2.05) is 0 Å². The highest BCUT2D eigenvalue weighted by Crippen LogP contribution is 2.18. The van der Waals surface area contributed by atoms with Gasteiger partial charge in [0.05, 0.1) is 5.56 Å². The molecule has 0 atom stereocenters. The molecule has 1 aromatic heterocycles. The van der Waals surface area contributed by atoms with Crippen LogP contribution in [0.1, 0.15) is 59.4 Å². The van der Waals surface area contributed by atoms with Gasteiger partial charge in [-0.1, -0.05) is 25.7 Å². The summed E-state index contributed by atoms with van der Waals surface area (Å²) in [4.78, 5) is 22.5. The molecule has 1 aromatic rings. The number of furan rings is 1. The van der Waals surface area contributed by atoms with E-state index >= 15 is 0 Å². The summed E-state index contributed by atoms with van der Waals surface area (Å²) in [5.74, 6) is -1.35. The van der Waals surface area contributed by atoms with Crippen molar-refractivity contribution >= 4 is 11.9 Å². The molecular weight excluding hydrogens is 234 g/mol. The molecule has 2 N–H and O–H groups in total. The zero-order chi connectivity index (χ0) is 13.0. The Labute approximate surface area is 105 Å². The first kappa shape index (κ1) is 12.7. The zero-order valence-electron chi connectivity index (χ0n) is 10.1. The Morgan fingerprint density at radius 2 is 1.89 bits per heavy atom. The monoisotopic (exact) mass is 251 g/mol. The maximum Gasteiger partial charge on any atom is 0.338 e. The highest BCUT2D eigenvalue weighted by atomic mass is 16.4. The Kier molecular flexibility index (Phi) is 4.02. The average Bonchev–Trinajstić information content (AvgIpc) is 2.70. The molecule has 1 aliphatic rings. The largest absolute Gasteiger partial charge is 0.478 e. The Morgan fingerprint density at radius 1 is 1.22 bits per heavy atom. The molecule has 18 heavy (non-hydrogen) atoms. The van der Waals surface area contributed by atoms with E-state index in [4.69, 9.17) is 9.52 Å². The minimum absolute atomic E-state index is 0.000941. The number of hydrogen-bond donors (Lipinski definition) is 2. The predicted molar refractivity (Wildman–Crippen MR) is 64.6 cm³/mol. The fourth-order valence-corrected chi connectivity index (χ4v) is 2.25. The minimum Gasteiger partial charge on any atom is -0.478 e. The third-order valence-corrected chi connectivity index (χ3v) is 3.26. The van der Waals surface area contributed by atoms with Crippen molar-refractivity contribution in [1.82, 2.24) is 5.32 Å². The maximum atomic E-state index is 11.9. The first-order valence-corrected chi connectivity index (χ1v) is 6.29. The number of carbonyl (C=O) groups is 2. The number of amides is 1. The van der Waals surface area contributed by atoms with E-state index in [1.165, 1.54) is 18.9 Å². The normalized spacial score (nSPS) is 17.1. The molecule has 0 radical (unpaired) electrons. The van der Waals surface area contributed by atoms with Gasteiger partial charge >= 0.3 is 5.97 Å². The van der Waals surface area contributed by atoms with Crippen LogP contribution < -0.4 is 5.32 Å². The molecule has 5 nitrogen and oxygen atoms in total. The summed E-state index contributed by atoms with van der Waals surface area (Å²) in [6, 6.07) is 1.44. The van der Waals surface area contributed by atoms with Crippen LogP contribution in [-0.2, 0) is 0 Å². The summed E-state index contributed by atoms with van der Waals surface area (Å²) < 4.78 is 4.97. The zero-order valence-corrected chi connectivity index (χ0v) is 10.1. The molecule has 1 aliphatic carbocycles. The number of hydrogen-bond acceptors (Lipinski definition) is 3. The first-order chi connectivity index (χ1) is 8.66. The first-order valence-electron chi connectivity index (χ1n) is 6.29. The molecule has 98 valence electrons. The average molecular weight is 251 g/mol. The highest BCUT2D eigenvalue weighted by Gasteiger charge is 2.19. The fraction of sp³-hybridized carbons (Fsp3) is 0.538. The molecule has 1 saturated carbocycles. The van der Waals surface area contributed by atoms with E-state index in [2.05, 4.69) is 5.32 Å². The van der Waals surface area contributed by atoms with Gasteiger partial charge in [-0.3, -0.25) is 4.79 Å². The fourth-order valence-electron chi connectivity index (χ4n) is 2.25. The summed E-state index contributed by atoms with van der Waals surface area (Å²) in [7, 11) is 0. The quantitative estimate of drug-likeness (QED) is 0.808. The van der Waals surface area contributed by atoms with Gasteiger partial charge in [0.2, 0.25) is 0 Å². The van der Waals surface area contributed by atoms with Gasteiger partial charge in [-0.25, -0.2) is 4.79 Å². The van der Waals surface area contributed by atoms with E-state index in [0.717, 1.165) is 31.9 Å². The Balaban J connectivity index is 1.95. The van der Waals surface area contributed by atoms with Crippen LogP contribution in [0.15, 0.2) is 16.7 Å². The van der Waals surface area contributed by atoms with E-state index in [9.17, 15) is 9.59 Å². The van der Waals surface area contributed by atoms with Crippen LogP contribution in [0.4, 0.5) is 0 Å². The molecule has 0 bridgehead atoms. The Hall–Kier alpha value is -1.78. The lowest BCUT2D eigenvalue weighted by Crippen LogP contribution is -2.34. The molecule has 5 heteroatoms. The van der Waals surface area contributed by atoms with Crippen LogP contribution in [0.2, 0.25) is 0 Å². The van der Waals surface area contributed by atoms with Crippen molar-refractivity contribution in [2.24, 2.45) is 0 Å².